The predicted octanol–water partition coefficient (Wildman–Crippen LogP) is 1.85. The minimum atomic E-state index is -4.28. The SMILES string of the molecule is FC(F)(F)COCCc1ncc(CNC2CC2)cn1. The molecule has 0 unspecified atom stereocenters. The molecule has 1 fully saturated rings. The Bertz CT molecular complexity index is 390. The lowest BCUT2D eigenvalue weighted by atomic mass is 10.3. The Morgan fingerprint density at radius 1 is 1.26 bits per heavy atom. The van der Waals surface area contributed by atoms with Crippen molar-refractivity contribution >= 4 is 0 Å². The Hall–Kier alpha value is -1.21. The van der Waals surface area contributed by atoms with E-state index >= 15 is 0 Å². The third-order valence-electron chi connectivity index (χ3n) is 2.67. The van der Waals surface area contributed by atoms with Crippen LogP contribution < -0.4 is 5.32 Å². The number of nitrogens with zero attached hydrogens (tertiary/aromatic N) is 2. The number of ether oxygens (including phenoxy) is 1. The molecule has 0 atom stereocenters. The van der Waals surface area contributed by atoms with E-state index in [0.717, 1.165) is 12.1 Å². The quantitative estimate of drug-likeness (QED) is 0.771. The predicted molar refractivity (Wildman–Crippen MR) is 62.5 cm³/mol. The number of nitrogens with one attached hydrogen (secondary N) is 1. The van der Waals surface area contributed by atoms with Crippen LogP contribution in [-0.4, -0.2) is 35.4 Å². The van der Waals surface area contributed by atoms with Crippen molar-refractivity contribution in [1.82, 2.24) is 15.3 Å². The number of rotatable bonds is 7. The maximum absolute atomic E-state index is 11.8. The van der Waals surface area contributed by atoms with Gasteiger partial charge in [-0.25, -0.2) is 9.97 Å². The zero-order valence-electron chi connectivity index (χ0n) is 10.4. The first kappa shape index (κ1) is 14.2. The molecule has 2 rings (SSSR count). The van der Waals surface area contributed by atoms with Crippen LogP contribution in [0.5, 0.6) is 0 Å². The van der Waals surface area contributed by atoms with Crippen molar-refractivity contribution in [3.63, 3.8) is 0 Å². The lowest BCUT2D eigenvalue weighted by Crippen LogP contribution is -2.18. The fourth-order valence-electron chi connectivity index (χ4n) is 1.50. The Morgan fingerprint density at radius 2 is 1.95 bits per heavy atom. The van der Waals surface area contributed by atoms with Gasteiger partial charge in [0.2, 0.25) is 0 Å². The van der Waals surface area contributed by atoms with Crippen molar-refractivity contribution in [2.24, 2.45) is 0 Å². The molecule has 0 aromatic carbocycles. The van der Waals surface area contributed by atoms with Gasteiger partial charge in [0.05, 0.1) is 6.61 Å². The monoisotopic (exact) mass is 275 g/mol. The van der Waals surface area contributed by atoms with Gasteiger partial charge in [-0.3, -0.25) is 0 Å². The van der Waals surface area contributed by atoms with Crippen LogP contribution >= 0.6 is 0 Å². The van der Waals surface area contributed by atoms with Gasteiger partial charge in [-0.15, -0.1) is 0 Å². The number of aromatic nitrogens is 2. The Labute approximate surface area is 109 Å². The van der Waals surface area contributed by atoms with E-state index in [2.05, 4.69) is 20.0 Å². The van der Waals surface area contributed by atoms with E-state index < -0.39 is 12.8 Å². The van der Waals surface area contributed by atoms with E-state index in [1.807, 2.05) is 0 Å². The summed E-state index contributed by atoms with van der Waals surface area (Å²) in [5.41, 5.74) is 0.979. The molecule has 0 radical (unpaired) electrons. The second kappa shape index (κ2) is 6.29. The molecule has 106 valence electrons. The highest BCUT2D eigenvalue weighted by Crippen LogP contribution is 2.19. The lowest BCUT2D eigenvalue weighted by molar-refractivity contribution is -0.173. The van der Waals surface area contributed by atoms with Crippen LogP contribution in [0, 0.1) is 0 Å². The maximum atomic E-state index is 11.8. The van der Waals surface area contributed by atoms with Crippen molar-refractivity contribution in [2.45, 2.75) is 38.0 Å². The summed E-state index contributed by atoms with van der Waals surface area (Å²) in [6.45, 7) is -0.523. The number of hydrogen-bond acceptors (Lipinski definition) is 4. The average molecular weight is 275 g/mol. The summed E-state index contributed by atoms with van der Waals surface area (Å²) < 4.78 is 40.0. The molecular weight excluding hydrogens is 259 g/mol. The van der Waals surface area contributed by atoms with Crippen molar-refractivity contribution in [3.8, 4) is 0 Å². The lowest BCUT2D eigenvalue weighted by Gasteiger charge is -2.07. The van der Waals surface area contributed by atoms with Crippen molar-refractivity contribution in [3.05, 3.63) is 23.8 Å². The first-order valence-corrected chi connectivity index (χ1v) is 6.20. The molecule has 1 aromatic heterocycles. The summed E-state index contributed by atoms with van der Waals surface area (Å²) in [5.74, 6) is 0.498. The Balaban J connectivity index is 1.66. The fourth-order valence-corrected chi connectivity index (χ4v) is 1.50. The van der Waals surface area contributed by atoms with Gasteiger partial charge in [-0.2, -0.15) is 13.2 Å². The number of hydrogen-bond donors (Lipinski definition) is 1. The van der Waals surface area contributed by atoms with E-state index in [4.69, 9.17) is 0 Å². The van der Waals surface area contributed by atoms with E-state index in [1.54, 1.807) is 12.4 Å². The van der Waals surface area contributed by atoms with Crippen LogP contribution in [0.25, 0.3) is 0 Å². The van der Waals surface area contributed by atoms with Gasteiger partial charge < -0.3 is 10.1 Å². The molecule has 1 saturated carbocycles. The zero-order chi connectivity index (χ0) is 13.7. The summed E-state index contributed by atoms with van der Waals surface area (Å²) in [6, 6.07) is 0.621. The fraction of sp³-hybridized carbons (Fsp3) is 0.667. The highest BCUT2D eigenvalue weighted by atomic mass is 19.4. The minimum absolute atomic E-state index is 0.0286. The van der Waals surface area contributed by atoms with E-state index in [9.17, 15) is 13.2 Å². The van der Waals surface area contributed by atoms with Crippen LogP contribution in [0.1, 0.15) is 24.2 Å². The van der Waals surface area contributed by atoms with Crippen molar-refractivity contribution in [2.75, 3.05) is 13.2 Å². The van der Waals surface area contributed by atoms with Gasteiger partial charge in [-0.1, -0.05) is 0 Å². The van der Waals surface area contributed by atoms with Crippen LogP contribution in [-0.2, 0) is 17.7 Å². The van der Waals surface area contributed by atoms with Gasteiger partial charge in [0.15, 0.2) is 0 Å². The molecule has 4 nitrogen and oxygen atoms in total. The molecule has 1 N–H and O–H groups in total. The van der Waals surface area contributed by atoms with Crippen LogP contribution in [0.15, 0.2) is 12.4 Å². The smallest absolute Gasteiger partial charge is 0.372 e. The summed E-state index contributed by atoms with van der Waals surface area (Å²) in [6.07, 6.45) is 1.83. The topological polar surface area (TPSA) is 47.0 Å². The standard InChI is InChI=1S/C12H16F3N3O/c13-12(14,15)8-19-4-3-11-17-6-9(7-18-11)5-16-10-1-2-10/h6-7,10,16H,1-5,8H2. The molecule has 19 heavy (non-hydrogen) atoms. The second-order valence-corrected chi connectivity index (χ2v) is 4.58. The maximum Gasteiger partial charge on any atom is 0.411 e. The highest BCUT2D eigenvalue weighted by molar-refractivity contribution is 5.05. The largest absolute Gasteiger partial charge is 0.411 e. The Morgan fingerprint density at radius 3 is 2.53 bits per heavy atom. The zero-order valence-corrected chi connectivity index (χ0v) is 10.4. The molecule has 0 amide bonds. The van der Waals surface area contributed by atoms with Crippen molar-refractivity contribution in [1.29, 1.82) is 0 Å². The first-order chi connectivity index (χ1) is 9.03. The molecule has 0 bridgehead atoms. The molecule has 0 spiro atoms. The van der Waals surface area contributed by atoms with E-state index in [0.29, 0.717) is 11.9 Å². The normalized spacial score (nSPS) is 15.7. The molecule has 0 saturated heterocycles. The molecular formula is C12H16F3N3O. The second-order valence-electron chi connectivity index (χ2n) is 4.58. The van der Waals surface area contributed by atoms with E-state index in [1.165, 1.54) is 12.8 Å². The molecule has 1 aliphatic carbocycles. The molecule has 0 aliphatic heterocycles. The summed E-state index contributed by atoms with van der Waals surface area (Å²) in [5, 5.41) is 3.33. The molecule has 1 aromatic rings. The third-order valence-corrected chi connectivity index (χ3v) is 2.67. The summed E-state index contributed by atoms with van der Waals surface area (Å²) >= 11 is 0. The van der Waals surface area contributed by atoms with Gasteiger partial charge in [0.1, 0.15) is 12.4 Å². The van der Waals surface area contributed by atoms with Gasteiger partial charge >= 0.3 is 6.18 Å². The van der Waals surface area contributed by atoms with Crippen LogP contribution in [0.2, 0.25) is 0 Å². The summed E-state index contributed by atoms with van der Waals surface area (Å²) in [7, 11) is 0. The van der Waals surface area contributed by atoms with Gasteiger partial charge in [-0.05, 0) is 12.8 Å². The third kappa shape index (κ3) is 5.98. The van der Waals surface area contributed by atoms with Crippen molar-refractivity contribution < 1.29 is 17.9 Å². The molecule has 1 aliphatic rings. The van der Waals surface area contributed by atoms with E-state index in [-0.39, 0.29) is 13.0 Å². The Kier molecular flexibility index (Phi) is 4.71. The molecule has 7 heteroatoms. The van der Waals surface area contributed by atoms with Crippen LogP contribution in [0.3, 0.4) is 0 Å². The van der Waals surface area contributed by atoms with Crippen LogP contribution in [0.4, 0.5) is 13.2 Å². The van der Waals surface area contributed by atoms with Gasteiger partial charge in [0, 0.05) is 37.0 Å². The first-order valence-electron chi connectivity index (χ1n) is 6.20. The minimum Gasteiger partial charge on any atom is -0.372 e. The molecule has 1 heterocycles. The number of halogens is 3. The average Bonchev–Trinajstić information content (AvgIpc) is 3.16. The summed E-state index contributed by atoms with van der Waals surface area (Å²) in [4.78, 5) is 8.20. The number of alkyl halides is 3. The highest BCUT2D eigenvalue weighted by Gasteiger charge is 2.27. The van der Waals surface area contributed by atoms with Gasteiger partial charge in [0.25, 0.3) is 0 Å².